The zero-order chi connectivity index (χ0) is 22.8. The topological polar surface area (TPSA) is 101 Å². The van der Waals surface area contributed by atoms with Gasteiger partial charge in [0, 0.05) is 13.1 Å². The van der Waals surface area contributed by atoms with Gasteiger partial charge in [-0.25, -0.2) is 25.9 Å². The third-order valence-corrected chi connectivity index (χ3v) is 9.24. The summed E-state index contributed by atoms with van der Waals surface area (Å²) >= 11 is 0. The first-order valence-corrected chi connectivity index (χ1v) is 12.9. The molecule has 3 rings (SSSR count). The Morgan fingerprint density at radius 2 is 1.65 bits per heavy atom. The maximum atomic E-state index is 13.1. The van der Waals surface area contributed by atoms with Crippen LogP contribution < -0.4 is 4.72 Å². The lowest BCUT2D eigenvalue weighted by Gasteiger charge is -2.31. The minimum Gasteiger partial charge on any atom is -0.341 e. The highest BCUT2D eigenvalue weighted by molar-refractivity contribution is 7.92. The molecule has 1 saturated heterocycles. The molecule has 0 spiro atoms. The SMILES string of the molecule is Cc1ccc(C)c(S(=O)(=O)NCC(=O)N2CCC(S(=O)(=O)c3ccc(F)cc3)CC2)c1. The van der Waals surface area contributed by atoms with Crippen molar-refractivity contribution in [3.8, 4) is 0 Å². The molecule has 1 amide bonds. The Bertz CT molecular complexity index is 1170. The van der Waals surface area contributed by atoms with Gasteiger partial charge in [-0.05, 0) is 68.1 Å². The van der Waals surface area contributed by atoms with Gasteiger partial charge >= 0.3 is 0 Å². The number of hydrogen-bond donors (Lipinski definition) is 1. The van der Waals surface area contributed by atoms with Crippen molar-refractivity contribution in [3.05, 3.63) is 59.4 Å². The van der Waals surface area contributed by atoms with E-state index in [1.165, 1.54) is 17.0 Å². The first-order valence-electron chi connectivity index (χ1n) is 9.85. The molecule has 31 heavy (non-hydrogen) atoms. The van der Waals surface area contributed by atoms with E-state index in [9.17, 15) is 26.0 Å². The van der Waals surface area contributed by atoms with Gasteiger partial charge < -0.3 is 4.90 Å². The van der Waals surface area contributed by atoms with Crippen molar-refractivity contribution in [2.24, 2.45) is 0 Å². The maximum absolute atomic E-state index is 13.1. The Kier molecular flexibility index (Phi) is 6.82. The molecule has 0 unspecified atom stereocenters. The number of piperidine rings is 1. The average molecular weight is 469 g/mol. The molecule has 7 nitrogen and oxygen atoms in total. The summed E-state index contributed by atoms with van der Waals surface area (Å²) in [4.78, 5) is 14.1. The quantitative estimate of drug-likeness (QED) is 0.655. The number of sulfone groups is 1. The Balaban J connectivity index is 1.59. The van der Waals surface area contributed by atoms with Crippen LogP contribution in [0.1, 0.15) is 24.0 Å². The molecule has 168 valence electrons. The summed E-state index contributed by atoms with van der Waals surface area (Å²) in [5.74, 6) is -0.922. The number of carbonyl (C=O) groups is 1. The summed E-state index contributed by atoms with van der Waals surface area (Å²) in [7, 11) is -7.47. The number of halogens is 1. The third kappa shape index (κ3) is 5.31. The fourth-order valence-electron chi connectivity index (χ4n) is 3.58. The Morgan fingerprint density at radius 1 is 1.03 bits per heavy atom. The van der Waals surface area contributed by atoms with Crippen LogP contribution in [0.4, 0.5) is 4.39 Å². The number of nitrogens with one attached hydrogen (secondary N) is 1. The molecule has 0 radical (unpaired) electrons. The van der Waals surface area contributed by atoms with Crippen LogP contribution in [0.2, 0.25) is 0 Å². The second-order valence-corrected chi connectivity index (χ2v) is 11.6. The highest BCUT2D eigenvalue weighted by Gasteiger charge is 2.33. The van der Waals surface area contributed by atoms with Crippen molar-refractivity contribution in [1.29, 1.82) is 0 Å². The summed E-state index contributed by atoms with van der Waals surface area (Å²) < 4.78 is 66.0. The van der Waals surface area contributed by atoms with E-state index in [4.69, 9.17) is 0 Å². The van der Waals surface area contributed by atoms with E-state index in [0.29, 0.717) is 5.56 Å². The van der Waals surface area contributed by atoms with E-state index in [1.807, 2.05) is 6.07 Å². The number of aryl methyl sites for hydroxylation is 2. The number of likely N-dealkylation sites (tertiary alicyclic amines) is 1. The molecule has 0 aliphatic carbocycles. The molecule has 0 aromatic heterocycles. The van der Waals surface area contributed by atoms with E-state index in [0.717, 1.165) is 17.7 Å². The molecule has 0 bridgehead atoms. The molecule has 1 heterocycles. The zero-order valence-electron chi connectivity index (χ0n) is 17.3. The van der Waals surface area contributed by atoms with Crippen molar-refractivity contribution in [3.63, 3.8) is 0 Å². The van der Waals surface area contributed by atoms with Crippen LogP contribution in [0.15, 0.2) is 52.3 Å². The van der Waals surface area contributed by atoms with Crippen LogP contribution in [0.3, 0.4) is 0 Å². The lowest BCUT2D eigenvalue weighted by atomic mass is 10.1. The van der Waals surface area contributed by atoms with Gasteiger partial charge in [0.1, 0.15) is 5.82 Å². The molecule has 1 aliphatic heterocycles. The lowest BCUT2D eigenvalue weighted by Crippen LogP contribution is -2.46. The fourth-order valence-corrected chi connectivity index (χ4v) is 6.61. The summed E-state index contributed by atoms with van der Waals surface area (Å²) in [6.07, 6.45) is 0.463. The highest BCUT2D eigenvalue weighted by atomic mass is 32.2. The second kappa shape index (κ2) is 9.05. The summed E-state index contributed by atoms with van der Waals surface area (Å²) in [6.45, 7) is 3.48. The number of sulfonamides is 1. The van der Waals surface area contributed by atoms with E-state index >= 15 is 0 Å². The van der Waals surface area contributed by atoms with Gasteiger partial charge in [-0.3, -0.25) is 4.79 Å². The number of rotatable bonds is 6. The third-order valence-electron chi connectivity index (χ3n) is 5.42. The van der Waals surface area contributed by atoms with Crippen molar-refractivity contribution < 1.29 is 26.0 Å². The smallest absolute Gasteiger partial charge is 0.241 e. The molecule has 1 fully saturated rings. The van der Waals surface area contributed by atoms with E-state index in [2.05, 4.69) is 4.72 Å². The van der Waals surface area contributed by atoms with Gasteiger partial charge in [-0.1, -0.05) is 12.1 Å². The number of hydrogen-bond acceptors (Lipinski definition) is 5. The second-order valence-electron chi connectivity index (χ2n) is 7.67. The first-order chi connectivity index (χ1) is 14.5. The van der Waals surface area contributed by atoms with Crippen LogP contribution in [0, 0.1) is 19.7 Å². The van der Waals surface area contributed by atoms with E-state index in [-0.39, 0.29) is 35.7 Å². The zero-order valence-corrected chi connectivity index (χ0v) is 19.0. The Morgan fingerprint density at radius 3 is 2.26 bits per heavy atom. The van der Waals surface area contributed by atoms with Crippen LogP contribution in [0.5, 0.6) is 0 Å². The summed E-state index contributed by atoms with van der Waals surface area (Å²) in [5.41, 5.74) is 1.37. The summed E-state index contributed by atoms with van der Waals surface area (Å²) in [5, 5.41) is -0.673. The number of carbonyl (C=O) groups excluding carboxylic acids is 1. The maximum Gasteiger partial charge on any atom is 0.241 e. The van der Waals surface area contributed by atoms with Crippen LogP contribution in [-0.2, 0) is 24.7 Å². The minimum atomic E-state index is -3.84. The van der Waals surface area contributed by atoms with Gasteiger partial charge in [0.05, 0.1) is 21.6 Å². The fraction of sp³-hybridized carbons (Fsp3) is 0.381. The summed E-state index contributed by atoms with van der Waals surface area (Å²) in [6, 6.07) is 9.76. The predicted octanol–water partition coefficient (Wildman–Crippen LogP) is 2.19. The van der Waals surface area contributed by atoms with Gasteiger partial charge in [0.15, 0.2) is 9.84 Å². The van der Waals surface area contributed by atoms with Crippen LogP contribution in [0.25, 0.3) is 0 Å². The van der Waals surface area contributed by atoms with Crippen molar-refractivity contribution >= 4 is 25.8 Å². The molecule has 2 aromatic rings. The molecule has 10 heteroatoms. The number of amides is 1. The standard InChI is InChI=1S/C21H25FN2O5S2/c1-15-3-4-16(2)20(13-15)31(28,29)23-14-21(25)24-11-9-19(10-12-24)30(26,27)18-7-5-17(22)6-8-18/h3-8,13,19,23H,9-12,14H2,1-2H3. The monoisotopic (exact) mass is 468 g/mol. The highest BCUT2D eigenvalue weighted by Crippen LogP contribution is 2.25. The number of benzene rings is 2. The molecule has 1 aliphatic rings. The molecular weight excluding hydrogens is 443 g/mol. The normalized spacial score (nSPS) is 15.8. The van der Waals surface area contributed by atoms with E-state index < -0.39 is 43.4 Å². The van der Waals surface area contributed by atoms with E-state index in [1.54, 1.807) is 26.0 Å². The van der Waals surface area contributed by atoms with Crippen molar-refractivity contribution in [2.45, 2.75) is 41.7 Å². The van der Waals surface area contributed by atoms with Crippen molar-refractivity contribution in [2.75, 3.05) is 19.6 Å². The predicted molar refractivity (Wildman–Crippen MR) is 114 cm³/mol. The Labute approximate surface area is 182 Å². The van der Waals surface area contributed by atoms with Crippen molar-refractivity contribution in [1.82, 2.24) is 9.62 Å². The molecule has 0 saturated carbocycles. The largest absolute Gasteiger partial charge is 0.341 e. The van der Waals surface area contributed by atoms with Gasteiger partial charge in [-0.15, -0.1) is 0 Å². The minimum absolute atomic E-state index is 0.0555. The first kappa shape index (κ1) is 23.4. The molecule has 2 aromatic carbocycles. The lowest BCUT2D eigenvalue weighted by molar-refractivity contribution is -0.130. The average Bonchev–Trinajstić information content (AvgIpc) is 2.74. The molecule has 1 N–H and O–H groups in total. The van der Waals surface area contributed by atoms with Crippen LogP contribution >= 0.6 is 0 Å². The van der Waals surface area contributed by atoms with Gasteiger partial charge in [-0.2, -0.15) is 0 Å². The molecule has 0 atom stereocenters. The van der Waals surface area contributed by atoms with Crippen LogP contribution in [-0.4, -0.2) is 52.5 Å². The Hall–Kier alpha value is -2.30. The van der Waals surface area contributed by atoms with Gasteiger partial charge in [0.25, 0.3) is 0 Å². The van der Waals surface area contributed by atoms with Gasteiger partial charge in [0.2, 0.25) is 15.9 Å². The molecular formula is C21H25FN2O5S2. The number of nitrogens with zero attached hydrogens (tertiary/aromatic N) is 1.